The van der Waals surface area contributed by atoms with E-state index in [4.69, 9.17) is 0 Å². The molecule has 2 fully saturated rings. The van der Waals surface area contributed by atoms with Gasteiger partial charge in [0.15, 0.2) is 5.03 Å². The molecule has 1 aromatic heterocycles. The molecule has 0 radical (unpaired) electrons. The predicted molar refractivity (Wildman–Crippen MR) is 100 cm³/mol. The van der Waals surface area contributed by atoms with Crippen LogP contribution in [0.25, 0.3) is 0 Å². The van der Waals surface area contributed by atoms with E-state index in [1.807, 2.05) is 36.1 Å². The van der Waals surface area contributed by atoms with Gasteiger partial charge in [0.25, 0.3) is 10.0 Å². The third-order valence-corrected chi connectivity index (χ3v) is 7.56. The summed E-state index contributed by atoms with van der Waals surface area (Å²) in [6, 6.07) is 7.62. The zero-order valence-corrected chi connectivity index (χ0v) is 16.6. The van der Waals surface area contributed by atoms with E-state index in [0.717, 1.165) is 11.1 Å². The summed E-state index contributed by atoms with van der Waals surface area (Å²) in [6.07, 6.45) is 3.05. The van der Waals surface area contributed by atoms with E-state index in [9.17, 15) is 13.2 Å². The van der Waals surface area contributed by atoms with Crippen molar-refractivity contribution in [1.82, 2.24) is 18.8 Å². The molecule has 7 nitrogen and oxygen atoms in total. The fraction of sp³-hybridized carbons (Fsp3) is 0.474. The Morgan fingerprint density at radius 2 is 1.93 bits per heavy atom. The molecular formula is C19H24N4O3S. The smallest absolute Gasteiger partial charge is 0.262 e. The van der Waals surface area contributed by atoms with Crippen molar-refractivity contribution >= 4 is 15.9 Å². The summed E-state index contributed by atoms with van der Waals surface area (Å²) in [5.41, 5.74) is 2.07. The van der Waals surface area contributed by atoms with E-state index in [2.05, 4.69) is 4.98 Å². The summed E-state index contributed by atoms with van der Waals surface area (Å²) < 4.78 is 30.0. The second-order valence-electron chi connectivity index (χ2n) is 7.60. The van der Waals surface area contributed by atoms with Crippen LogP contribution >= 0.6 is 0 Å². The van der Waals surface area contributed by atoms with Crippen molar-refractivity contribution in [2.24, 2.45) is 18.9 Å². The Balaban J connectivity index is 1.78. The van der Waals surface area contributed by atoms with Crippen molar-refractivity contribution in [3.8, 4) is 0 Å². The highest BCUT2D eigenvalue weighted by Gasteiger charge is 2.52. The van der Waals surface area contributed by atoms with Crippen molar-refractivity contribution in [3.63, 3.8) is 0 Å². The van der Waals surface area contributed by atoms with Gasteiger partial charge in [-0.3, -0.25) is 4.79 Å². The van der Waals surface area contributed by atoms with Gasteiger partial charge in [0.2, 0.25) is 5.91 Å². The molecule has 0 aliphatic carbocycles. The first-order chi connectivity index (χ1) is 12.8. The highest BCUT2D eigenvalue weighted by molar-refractivity contribution is 7.89. The number of hydrogen-bond donors (Lipinski definition) is 0. The quantitative estimate of drug-likeness (QED) is 0.800. The lowest BCUT2D eigenvalue weighted by atomic mass is 9.88. The third kappa shape index (κ3) is 2.96. The van der Waals surface area contributed by atoms with E-state index < -0.39 is 10.0 Å². The highest BCUT2D eigenvalue weighted by Crippen LogP contribution is 2.47. The van der Waals surface area contributed by atoms with Crippen LogP contribution in [0.2, 0.25) is 0 Å². The molecule has 0 spiro atoms. The minimum absolute atomic E-state index is 0.0482. The predicted octanol–water partition coefficient (Wildman–Crippen LogP) is 1.57. The lowest BCUT2D eigenvalue weighted by Gasteiger charge is -2.29. The summed E-state index contributed by atoms with van der Waals surface area (Å²) in [5, 5.41) is 0.0759. The zero-order chi connectivity index (χ0) is 19.3. The summed E-state index contributed by atoms with van der Waals surface area (Å²) >= 11 is 0. The van der Waals surface area contributed by atoms with Gasteiger partial charge in [-0.05, 0) is 24.0 Å². The maximum absolute atomic E-state index is 13.4. The van der Waals surface area contributed by atoms with Gasteiger partial charge in [0, 0.05) is 45.7 Å². The lowest BCUT2D eigenvalue weighted by Crippen LogP contribution is -2.37. The number of sulfonamides is 1. The number of amides is 1. The maximum Gasteiger partial charge on any atom is 0.262 e. The molecule has 4 rings (SSSR count). The standard InChI is InChI=1S/C19H24N4O3S/c1-13-6-4-5-7-16(13)19-17-10-22(14(2)24)8-15(17)9-23(19)27(25,26)18-11-21(3)12-20-18/h4-7,11-12,15,17,19H,8-10H2,1-3H3/t15-,17-,19+/m0/s1. The molecule has 2 aliphatic heterocycles. The van der Waals surface area contributed by atoms with E-state index in [0.29, 0.717) is 19.6 Å². The van der Waals surface area contributed by atoms with E-state index in [1.54, 1.807) is 29.0 Å². The number of aryl methyl sites for hydroxylation is 2. The average Bonchev–Trinajstić information content (AvgIpc) is 3.29. The number of aromatic nitrogens is 2. The second-order valence-corrected chi connectivity index (χ2v) is 9.44. The molecule has 1 amide bonds. The molecule has 3 atom stereocenters. The molecule has 0 N–H and O–H groups in total. The molecule has 144 valence electrons. The molecule has 8 heteroatoms. The minimum atomic E-state index is -3.71. The molecule has 1 aromatic carbocycles. The van der Waals surface area contributed by atoms with Crippen LogP contribution in [0.15, 0.2) is 41.8 Å². The second kappa shape index (κ2) is 6.45. The van der Waals surface area contributed by atoms with Gasteiger partial charge in [-0.2, -0.15) is 4.31 Å². The van der Waals surface area contributed by atoms with E-state index >= 15 is 0 Å². The fourth-order valence-corrected chi connectivity index (χ4v) is 6.13. The Morgan fingerprint density at radius 3 is 2.56 bits per heavy atom. The summed E-state index contributed by atoms with van der Waals surface area (Å²) in [4.78, 5) is 17.8. The first-order valence-electron chi connectivity index (χ1n) is 9.10. The highest BCUT2D eigenvalue weighted by atomic mass is 32.2. The number of carbonyl (C=O) groups excluding carboxylic acids is 1. The molecule has 0 bridgehead atoms. The maximum atomic E-state index is 13.4. The van der Waals surface area contributed by atoms with Crippen molar-refractivity contribution in [2.45, 2.75) is 24.9 Å². The topological polar surface area (TPSA) is 75.5 Å². The van der Waals surface area contributed by atoms with Crippen LogP contribution in [0.4, 0.5) is 0 Å². The Morgan fingerprint density at radius 1 is 1.19 bits per heavy atom. The monoisotopic (exact) mass is 388 g/mol. The molecule has 2 saturated heterocycles. The van der Waals surface area contributed by atoms with Crippen LogP contribution in [-0.4, -0.2) is 52.7 Å². The number of hydrogen-bond acceptors (Lipinski definition) is 4. The third-order valence-electron chi connectivity index (χ3n) is 5.83. The number of carbonyl (C=O) groups is 1. The summed E-state index contributed by atoms with van der Waals surface area (Å²) in [5.74, 6) is 0.276. The molecule has 2 aromatic rings. The van der Waals surface area contributed by atoms with E-state index in [1.165, 1.54) is 6.33 Å². The van der Waals surface area contributed by atoms with Crippen molar-refractivity contribution in [3.05, 3.63) is 47.9 Å². The lowest BCUT2D eigenvalue weighted by molar-refractivity contribution is -0.128. The van der Waals surface area contributed by atoms with Crippen LogP contribution < -0.4 is 0 Å². The Kier molecular flexibility index (Phi) is 4.35. The first-order valence-corrected chi connectivity index (χ1v) is 10.5. The number of fused-ring (bicyclic) bond motifs is 1. The normalized spacial score (nSPS) is 25.7. The number of rotatable bonds is 3. The van der Waals surface area contributed by atoms with Crippen LogP contribution in [0.3, 0.4) is 0 Å². The van der Waals surface area contributed by atoms with Gasteiger partial charge in [0.1, 0.15) is 0 Å². The van der Waals surface area contributed by atoms with Gasteiger partial charge in [-0.1, -0.05) is 24.3 Å². The first kappa shape index (κ1) is 18.2. The minimum Gasteiger partial charge on any atom is -0.342 e. The van der Waals surface area contributed by atoms with Crippen molar-refractivity contribution in [2.75, 3.05) is 19.6 Å². The van der Waals surface area contributed by atoms with Gasteiger partial charge < -0.3 is 9.47 Å². The number of likely N-dealkylation sites (tertiary alicyclic amines) is 1. The van der Waals surface area contributed by atoms with Gasteiger partial charge in [-0.25, -0.2) is 13.4 Å². The van der Waals surface area contributed by atoms with Gasteiger partial charge in [0.05, 0.1) is 12.4 Å². The zero-order valence-electron chi connectivity index (χ0n) is 15.7. The molecule has 0 unspecified atom stereocenters. The van der Waals surface area contributed by atoms with Crippen LogP contribution in [0.1, 0.15) is 24.1 Å². The molecule has 0 saturated carbocycles. The molecular weight excluding hydrogens is 364 g/mol. The van der Waals surface area contributed by atoms with Crippen LogP contribution in [0.5, 0.6) is 0 Å². The Hall–Kier alpha value is -2.19. The molecule has 2 aliphatic rings. The molecule has 3 heterocycles. The number of nitrogens with zero attached hydrogens (tertiary/aromatic N) is 4. The fourth-order valence-electron chi connectivity index (χ4n) is 4.46. The summed E-state index contributed by atoms with van der Waals surface area (Å²) in [7, 11) is -1.96. The molecule has 27 heavy (non-hydrogen) atoms. The largest absolute Gasteiger partial charge is 0.342 e. The number of benzene rings is 1. The van der Waals surface area contributed by atoms with Crippen molar-refractivity contribution in [1.29, 1.82) is 0 Å². The van der Waals surface area contributed by atoms with Crippen LogP contribution in [-0.2, 0) is 21.9 Å². The van der Waals surface area contributed by atoms with Crippen LogP contribution in [0, 0.1) is 18.8 Å². The van der Waals surface area contributed by atoms with E-state index in [-0.39, 0.29) is 28.8 Å². The summed E-state index contributed by atoms with van der Waals surface area (Å²) in [6.45, 7) is 5.19. The number of imidazole rings is 1. The van der Waals surface area contributed by atoms with Gasteiger partial charge in [-0.15, -0.1) is 0 Å². The SMILES string of the molecule is CC(=O)N1C[C@H]2CN(S(=O)(=O)c3cn(C)cn3)[C@H](c3ccccc3C)[C@H]2C1. The van der Waals surface area contributed by atoms with Crippen molar-refractivity contribution < 1.29 is 13.2 Å². The Bertz CT molecular complexity index is 984. The average molecular weight is 388 g/mol. The van der Waals surface area contributed by atoms with Gasteiger partial charge >= 0.3 is 0 Å². The Labute approximate surface area is 159 Å².